The van der Waals surface area contributed by atoms with Crippen LogP contribution in [0.25, 0.3) is 0 Å². The molecule has 0 aromatic carbocycles. The fourth-order valence-electron chi connectivity index (χ4n) is 0.629. The Labute approximate surface area is 77.5 Å². The van der Waals surface area contributed by atoms with E-state index in [1.54, 1.807) is 13.8 Å². The van der Waals surface area contributed by atoms with E-state index in [1.165, 1.54) is 0 Å². The Morgan fingerprint density at radius 3 is 2.38 bits per heavy atom. The van der Waals surface area contributed by atoms with Gasteiger partial charge < -0.3 is 15.7 Å². The van der Waals surface area contributed by atoms with Crippen molar-refractivity contribution in [2.24, 2.45) is 5.92 Å². The molecule has 3 N–H and O–H groups in total. The van der Waals surface area contributed by atoms with Crippen LogP contribution in [-0.2, 0) is 9.59 Å². The lowest BCUT2D eigenvalue weighted by atomic mass is 10.2. The molecule has 0 aliphatic rings. The van der Waals surface area contributed by atoms with E-state index in [2.05, 4.69) is 10.6 Å². The zero-order valence-corrected chi connectivity index (χ0v) is 7.96. The van der Waals surface area contributed by atoms with E-state index in [-0.39, 0.29) is 37.4 Å². The van der Waals surface area contributed by atoms with Crippen LogP contribution in [0.15, 0.2) is 0 Å². The summed E-state index contributed by atoms with van der Waals surface area (Å²) in [4.78, 5) is 21.9. The average Bonchev–Trinajstić information content (AvgIpc) is 2.10. The second-order valence-corrected chi connectivity index (χ2v) is 2.95. The van der Waals surface area contributed by atoms with Gasteiger partial charge in [0, 0.05) is 12.5 Å². The standard InChI is InChI=1S/C8H16N2O3/c1-6(2)8(13)10-5-7(12)9-3-4-11/h6,11H,3-5H2,1-2H3,(H,9,12)(H,10,13). The Kier molecular flexibility index (Phi) is 5.88. The van der Waals surface area contributed by atoms with Crippen molar-refractivity contribution in [2.45, 2.75) is 13.8 Å². The van der Waals surface area contributed by atoms with Gasteiger partial charge in [-0.15, -0.1) is 0 Å². The summed E-state index contributed by atoms with van der Waals surface area (Å²) in [6, 6.07) is 0. The zero-order valence-electron chi connectivity index (χ0n) is 7.96. The molecule has 5 heteroatoms. The first kappa shape index (κ1) is 11.9. The molecule has 0 aromatic heterocycles. The summed E-state index contributed by atoms with van der Waals surface area (Å²) in [5, 5.41) is 13.3. The SMILES string of the molecule is CC(C)C(=O)NCC(=O)NCCO. The van der Waals surface area contributed by atoms with Gasteiger partial charge in [-0.05, 0) is 0 Å². The predicted molar refractivity (Wildman–Crippen MR) is 47.9 cm³/mol. The molecule has 0 unspecified atom stereocenters. The molecule has 0 aromatic rings. The van der Waals surface area contributed by atoms with E-state index in [1.807, 2.05) is 0 Å². The highest BCUT2D eigenvalue weighted by Gasteiger charge is 2.07. The molecule has 0 saturated carbocycles. The molecule has 0 radical (unpaired) electrons. The molecule has 5 nitrogen and oxygen atoms in total. The molecular weight excluding hydrogens is 172 g/mol. The Morgan fingerprint density at radius 2 is 1.92 bits per heavy atom. The molecule has 0 saturated heterocycles. The van der Waals surface area contributed by atoms with Crippen molar-refractivity contribution in [2.75, 3.05) is 19.7 Å². The summed E-state index contributed by atoms with van der Waals surface area (Å²) < 4.78 is 0. The van der Waals surface area contributed by atoms with Gasteiger partial charge in [0.2, 0.25) is 11.8 Å². The maximum absolute atomic E-state index is 11.0. The Morgan fingerprint density at radius 1 is 1.31 bits per heavy atom. The minimum atomic E-state index is -0.289. The molecule has 0 aliphatic heterocycles. The van der Waals surface area contributed by atoms with Crippen LogP contribution in [0.3, 0.4) is 0 Å². The number of carbonyl (C=O) groups excluding carboxylic acids is 2. The van der Waals surface area contributed by atoms with Crippen LogP contribution < -0.4 is 10.6 Å². The van der Waals surface area contributed by atoms with E-state index < -0.39 is 0 Å². The molecule has 76 valence electrons. The Bertz CT molecular complexity index is 180. The molecule has 0 aliphatic carbocycles. The molecule has 0 bridgehead atoms. The van der Waals surface area contributed by atoms with E-state index in [0.717, 1.165) is 0 Å². The van der Waals surface area contributed by atoms with Gasteiger partial charge in [0.05, 0.1) is 13.2 Å². The minimum Gasteiger partial charge on any atom is -0.395 e. The van der Waals surface area contributed by atoms with Crippen LogP contribution in [-0.4, -0.2) is 36.6 Å². The van der Waals surface area contributed by atoms with E-state index in [9.17, 15) is 9.59 Å². The second-order valence-electron chi connectivity index (χ2n) is 2.95. The summed E-state index contributed by atoms with van der Waals surface area (Å²) in [6.07, 6.45) is 0. The predicted octanol–water partition coefficient (Wildman–Crippen LogP) is -1.13. The fraction of sp³-hybridized carbons (Fsp3) is 0.750. The second kappa shape index (κ2) is 6.42. The third-order valence-corrected chi connectivity index (χ3v) is 1.38. The molecule has 0 spiro atoms. The third-order valence-electron chi connectivity index (χ3n) is 1.38. The number of carbonyl (C=O) groups is 2. The van der Waals surface area contributed by atoms with Gasteiger partial charge in [-0.25, -0.2) is 0 Å². The summed E-state index contributed by atoms with van der Waals surface area (Å²) in [5.74, 6) is -0.562. The van der Waals surface area contributed by atoms with E-state index in [0.29, 0.717) is 0 Å². The number of nitrogens with one attached hydrogen (secondary N) is 2. The molecule has 13 heavy (non-hydrogen) atoms. The summed E-state index contributed by atoms with van der Waals surface area (Å²) in [7, 11) is 0. The van der Waals surface area contributed by atoms with Crippen molar-refractivity contribution in [3.05, 3.63) is 0 Å². The first-order valence-electron chi connectivity index (χ1n) is 4.23. The van der Waals surface area contributed by atoms with Gasteiger partial charge in [-0.3, -0.25) is 9.59 Å². The van der Waals surface area contributed by atoms with E-state index in [4.69, 9.17) is 5.11 Å². The molecule has 2 amide bonds. The maximum Gasteiger partial charge on any atom is 0.239 e. The first-order chi connectivity index (χ1) is 6.07. The third kappa shape index (κ3) is 6.10. The topological polar surface area (TPSA) is 78.4 Å². The van der Waals surface area contributed by atoms with Gasteiger partial charge in [0.25, 0.3) is 0 Å². The van der Waals surface area contributed by atoms with Crippen molar-refractivity contribution in [3.63, 3.8) is 0 Å². The summed E-state index contributed by atoms with van der Waals surface area (Å²) >= 11 is 0. The van der Waals surface area contributed by atoms with Crippen LogP contribution >= 0.6 is 0 Å². The van der Waals surface area contributed by atoms with Crippen molar-refractivity contribution in [3.8, 4) is 0 Å². The molecule has 0 heterocycles. The number of amides is 2. The van der Waals surface area contributed by atoms with Crippen molar-refractivity contribution in [1.29, 1.82) is 0 Å². The van der Waals surface area contributed by atoms with Crippen LogP contribution in [0.5, 0.6) is 0 Å². The van der Waals surface area contributed by atoms with Crippen LogP contribution in [0.1, 0.15) is 13.8 Å². The van der Waals surface area contributed by atoms with Gasteiger partial charge in [-0.1, -0.05) is 13.8 Å². The fourth-order valence-corrected chi connectivity index (χ4v) is 0.629. The van der Waals surface area contributed by atoms with Crippen LogP contribution in [0.2, 0.25) is 0 Å². The number of hydrogen-bond donors (Lipinski definition) is 3. The van der Waals surface area contributed by atoms with Gasteiger partial charge in [0.1, 0.15) is 0 Å². The number of aliphatic hydroxyl groups is 1. The Hall–Kier alpha value is -1.10. The van der Waals surface area contributed by atoms with Crippen molar-refractivity contribution < 1.29 is 14.7 Å². The highest BCUT2D eigenvalue weighted by Crippen LogP contribution is 1.88. The van der Waals surface area contributed by atoms with Crippen molar-refractivity contribution in [1.82, 2.24) is 10.6 Å². The highest BCUT2D eigenvalue weighted by atomic mass is 16.3. The minimum absolute atomic E-state index is 0.0307. The maximum atomic E-state index is 11.0. The molecule has 0 atom stereocenters. The van der Waals surface area contributed by atoms with Gasteiger partial charge in [-0.2, -0.15) is 0 Å². The quantitative estimate of drug-likeness (QED) is 0.510. The summed E-state index contributed by atoms with van der Waals surface area (Å²) in [6.45, 7) is 3.60. The molecular formula is C8H16N2O3. The van der Waals surface area contributed by atoms with Gasteiger partial charge >= 0.3 is 0 Å². The van der Waals surface area contributed by atoms with Crippen LogP contribution in [0.4, 0.5) is 0 Å². The summed E-state index contributed by atoms with van der Waals surface area (Å²) in [5.41, 5.74) is 0. The van der Waals surface area contributed by atoms with Crippen LogP contribution in [0, 0.1) is 5.92 Å². The lowest BCUT2D eigenvalue weighted by molar-refractivity contribution is -0.127. The average molecular weight is 188 g/mol. The lowest BCUT2D eigenvalue weighted by Crippen LogP contribution is -2.39. The molecule has 0 rings (SSSR count). The van der Waals surface area contributed by atoms with Crippen molar-refractivity contribution >= 4 is 11.8 Å². The lowest BCUT2D eigenvalue weighted by Gasteiger charge is -2.07. The number of rotatable bonds is 5. The molecule has 0 fully saturated rings. The largest absolute Gasteiger partial charge is 0.395 e. The Balaban J connectivity index is 3.52. The highest BCUT2D eigenvalue weighted by molar-refractivity contribution is 5.85. The van der Waals surface area contributed by atoms with E-state index >= 15 is 0 Å². The van der Waals surface area contributed by atoms with Gasteiger partial charge in [0.15, 0.2) is 0 Å². The number of hydrogen-bond acceptors (Lipinski definition) is 3. The first-order valence-corrected chi connectivity index (χ1v) is 4.23. The zero-order chi connectivity index (χ0) is 10.3. The normalized spacial score (nSPS) is 9.85. The monoisotopic (exact) mass is 188 g/mol. The number of aliphatic hydroxyl groups excluding tert-OH is 1. The smallest absolute Gasteiger partial charge is 0.239 e.